The van der Waals surface area contributed by atoms with E-state index in [4.69, 9.17) is 0 Å². The number of rotatable bonds is 3. The van der Waals surface area contributed by atoms with Gasteiger partial charge < -0.3 is 10.1 Å². The van der Waals surface area contributed by atoms with Crippen LogP contribution in [0.5, 0.6) is 0 Å². The Morgan fingerprint density at radius 2 is 1.65 bits per heavy atom. The van der Waals surface area contributed by atoms with E-state index >= 15 is 0 Å². The topological polar surface area (TPSA) is 81.2 Å². The molecule has 6 heteroatoms. The van der Waals surface area contributed by atoms with Gasteiger partial charge in [-0.25, -0.2) is 14.8 Å². The molecule has 0 bridgehead atoms. The van der Waals surface area contributed by atoms with Crippen molar-refractivity contribution < 1.29 is 14.3 Å². The van der Waals surface area contributed by atoms with Crippen molar-refractivity contribution in [2.24, 2.45) is 0 Å². The van der Waals surface area contributed by atoms with Crippen LogP contribution in [0.2, 0.25) is 0 Å². The standard InChI is InChI=1S/C14H13N3O3/c1-9-15-7-11(8-16-9)13(18)17-12-5-3-10(4-6-12)14(19)20-2/h3-8H,1-2H3,(H,17,18). The van der Waals surface area contributed by atoms with Gasteiger partial charge in [0.05, 0.1) is 18.2 Å². The summed E-state index contributed by atoms with van der Waals surface area (Å²) in [4.78, 5) is 31.1. The predicted octanol–water partition coefficient (Wildman–Crippen LogP) is 1.82. The molecular weight excluding hydrogens is 258 g/mol. The van der Waals surface area contributed by atoms with Crippen molar-refractivity contribution in [3.8, 4) is 0 Å². The van der Waals surface area contributed by atoms with E-state index in [-0.39, 0.29) is 5.91 Å². The molecule has 1 heterocycles. The number of ether oxygens (including phenoxy) is 1. The molecule has 102 valence electrons. The molecule has 6 nitrogen and oxygen atoms in total. The van der Waals surface area contributed by atoms with Crippen LogP contribution in [-0.4, -0.2) is 29.0 Å². The first-order valence-corrected chi connectivity index (χ1v) is 5.88. The molecule has 1 N–H and O–H groups in total. The Balaban J connectivity index is 2.08. The molecule has 1 amide bonds. The lowest BCUT2D eigenvalue weighted by Gasteiger charge is -2.05. The zero-order valence-corrected chi connectivity index (χ0v) is 11.1. The zero-order chi connectivity index (χ0) is 14.5. The van der Waals surface area contributed by atoms with E-state index in [9.17, 15) is 9.59 Å². The van der Waals surface area contributed by atoms with E-state index in [2.05, 4.69) is 20.0 Å². The summed E-state index contributed by atoms with van der Waals surface area (Å²) in [6.45, 7) is 1.74. The van der Waals surface area contributed by atoms with Gasteiger partial charge >= 0.3 is 5.97 Å². The van der Waals surface area contributed by atoms with Crippen molar-refractivity contribution in [2.75, 3.05) is 12.4 Å². The van der Waals surface area contributed by atoms with E-state index in [1.165, 1.54) is 19.5 Å². The maximum Gasteiger partial charge on any atom is 0.337 e. The van der Waals surface area contributed by atoms with E-state index in [0.717, 1.165) is 0 Å². The Morgan fingerprint density at radius 1 is 1.05 bits per heavy atom. The number of nitrogens with one attached hydrogen (secondary N) is 1. The van der Waals surface area contributed by atoms with Gasteiger partial charge in [-0.15, -0.1) is 0 Å². The first-order chi connectivity index (χ1) is 9.60. The summed E-state index contributed by atoms with van der Waals surface area (Å²) in [7, 11) is 1.31. The number of aromatic nitrogens is 2. The van der Waals surface area contributed by atoms with E-state index in [0.29, 0.717) is 22.6 Å². The van der Waals surface area contributed by atoms with Crippen LogP contribution in [0.15, 0.2) is 36.7 Å². The molecule has 0 fully saturated rings. The molecule has 2 aromatic rings. The summed E-state index contributed by atoms with van der Waals surface area (Å²) < 4.78 is 4.59. The quantitative estimate of drug-likeness (QED) is 0.861. The number of methoxy groups -OCH3 is 1. The fourth-order valence-corrected chi connectivity index (χ4v) is 1.52. The lowest BCUT2D eigenvalue weighted by Crippen LogP contribution is -2.13. The average Bonchev–Trinajstić information content (AvgIpc) is 2.48. The molecule has 0 saturated carbocycles. The van der Waals surface area contributed by atoms with Gasteiger partial charge in [0.15, 0.2) is 0 Å². The normalized spacial score (nSPS) is 9.90. The summed E-state index contributed by atoms with van der Waals surface area (Å²) in [6.07, 6.45) is 2.92. The number of anilines is 1. The molecule has 0 spiro atoms. The van der Waals surface area contributed by atoms with Crippen molar-refractivity contribution in [3.05, 3.63) is 53.6 Å². The molecular formula is C14H13N3O3. The smallest absolute Gasteiger partial charge is 0.337 e. The lowest BCUT2D eigenvalue weighted by atomic mass is 10.2. The minimum Gasteiger partial charge on any atom is -0.465 e. The summed E-state index contributed by atoms with van der Waals surface area (Å²) in [6, 6.07) is 6.40. The number of aryl methyl sites for hydroxylation is 1. The first kappa shape index (κ1) is 13.7. The molecule has 0 aliphatic heterocycles. The van der Waals surface area contributed by atoms with Crippen LogP contribution in [0.25, 0.3) is 0 Å². The van der Waals surface area contributed by atoms with Gasteiger partial charge in [0.25, 0.3) is 5.91 Å². The Labute approximate surface area is 115 Å². The second-order valence-electron chi connectivity index (χ2n) is 4.04. The summed E-state index contributed by atoms with van der Waals surface area (Å²) in [5.74, 6) is -0.130. The average molecular weight is 271 g/mol. The third kappa shape index (κ3) is 3.17. The number of nitrogens with zero attached hydrogens (tertiary/aromatic N) is 2. The van der Waals surface area contributed by atoms with Crippen LogP contribution >= 0.6 is 0 Å². The van der Waals surface area contributed by atoms with Gasteiger partial charge in [-0.2, -0.15) is 0 Å². The molecule has 1 aromatic carbocycles. The number of esters is 1. The van der Waals surface area contributed by atoms with Crippen molar-refractivity contribution in [3.63, 3.8) is 0 Å². The highest BCUT2D eigenvalue weighted by molar-refractivity contribution is 6.04. The van der Waals surface area contributed by atoms with Crippen LogP contribution in [0.1, 0.15) is 26.5 Å². The molecule has 0 aliphatic rings. The summed E-state index contributed by atoms with van der Waals surface area (Å²) >= 11 is 0. The predicted molar refractivity (Wildman–Crippen MR) is 72.5 cm³/mol. The second kappa shape index (κ2) is 5.92. The molecule has 20 heavy (non-hydrogen) atoms. The second-order valence-corrected chi connectivity index (χ2v) is 4.04. The molecule has 0 unspecified atom stereocenters. The van der Waals surface area contributed by atoms with Crippen LogP contribution in [0, 0.1) is 6.92 Å². The van der Waals surface area contributed by atoms with E-state index in [1.54, 1.807) is 31.2 Å². The van der Waals surface area contributed by atoms with Crippen LogP contribution in [0.3, 0.4) is 0 Å². The number of carbonyl (C=O) groups excluding carboxylic acids is 2. The van der Waals surface area contributed by atoms with Gasteiger partial charge in [0.2, 0.25) is 0 Å². The van der Waals surface area contributed by atoms with Crippen LogP contribution in [0.4, 0.5) is 5.69 Å². The van der Waals surface area contributed by atoms with E-state index < -0.39 is 5.97 Å². The molecule has 0 saturated heterocycles. The van der Waals surface area contributed by atoms with Crippen molar-refractivity contribution in [2.45, 2.75) is 6.92 Å². The minimum absolute atomic E-state index is 0.309. The maximum atomic E-state index is 11.9. The molecule has 0 radical (unpaired) electrons. The van der Waals surface area contributed by atoms with Gasteiger partial charge in [-0.3, -0.25) is 4.79 Å². The Bertz CT molecular complexity index is 621. The van der Waals surface area contributed by atoms with Crippen molar-refractivity contribution in [1.29, 1.82) is 0 Å². The highest BCUT2D eigenvalue weighted by Gasteiger charge is 2.08. The lowest BCUT2D eigenvalue weighted by molar-refractivity contribution is 0.0600. The van der Waals surface area contributed by atoms with Gasteiger partial charge in [0, 0.05) is 18.1 Å². The first-order valence-electron chi connectivity index (χ1n) is 5.88. The number of hydrogen-bond donors (Lipinski definition) is 1. The van der Waals surface area contributed by atoms with E-state index in [1.807, 2.05) is 0 Å². The fourth-order valence-electron chi connectivity index (χ4n) is 1.52. The molecule has 0 atom stereocenters. The van der Waals surface area contributed by atoms with Crippen LogP contribution in [-0.2, 0) is 4.74 Å². The maximum absolute atomic E-state index is 11.9. The Hall–Kier alpha value is -2.76. The Morgan fingerprint density at radius 3 is 2.20 bits per heavy atom. The monoisotopic (exact) mass is 271 g/mol. The van der Waals surface area contributed by atoms with Gasteiger partial charge in [-0.05, 0) is 31.2 Å². The summed E-state index contributed by atoms with van der Waals surface area (Å²) in [5, 5.41) is 2.69. The SMILES string of the molecule is COC(=O)c1ccc(NC(=O)c2cnc(C)nc2)cc1. The number of amides is 1. The van der Waals surface area contributed by atoms with Gasteiger partial charge in [-0.1, -0.05) is 0 Å². The summed E-state index contributed by atoms with van der Waals surface area (Å²) in [5.41, 5.74) is 1.36. The van der Waals surface area contributed by atoms with Crippen LogP contribution < -0.4 is 5.32 Å². The fraction of sp³-hybridized carbons (Fsp3) is 0.143. The third-order valence-corrected chi connectivity index (χ3v) is 2.61. The highest BCUT2D eigenvalue weighted by atomic mass is 16.5. The van der Waals surface area contributed by atoms with Gasteiger partial charge in [0.1, 0.15) is 5.82 Å². The molecule has 0 aliphatic carbocycles. The number of hydrogen-bond acceptors (Lipinski definition) is 5. The zero-order valence-electron chi connectivity index (χ0n) is 11.1. The van der Waals surface area contributed by atoms with Crippen molar-refractivity contribution in [1.82, 2.24) is 9.97 Å². The largest absolute Gasteiger partial charge is 0.465 e. The minimum atomic E-state index is -0.421. The molecule has 2 rings (SSSR count). The molecule has 1 aromatic heterocycles. The Kier molecular flexibility index (Phi) is 4.05. The van der Waals surface area contributed by atoms with Crippen molar-refractivity contribution >= 4 is 17.6 Å². The third-order valence-electron chi connectivity index (χ3n) is 2.61. The highest BCUT2D eigenvalue weighted by Crippen LogP contribution is 2.11. The number of carbonyl (C=O) groups is 2. The number of benzene rings is 1.